The van der Waals surface area contributed by atoms with Gasteiger partial charge in [0.2, 0.25) is 0 Å². The third-order valence-corrected chi connectivity index (χ3v) is 3.12. The number of hydrogen-bond acceptors (Lipinski definition) is 2. The summed E-state index contributed by atoms with van der Waals surface area (Å²) >= 11 is 0. The van der Waals surface area contributed by atoms with Gasteiger partial charge in [-0.25, -0.2) is 0 Å². The molecule has 0 rings (SSSR count). The molecule has 0 aromatic carbocycles. The maximum Gasteiger partial charge on any atom is 0.0692 e. The van der Waals surface area contributed by atoms with Crippen LogP contribution >= 0.6 is 0 Å². The second-order valence-electron chi connectivity index (χ2n) is 4.15. The minimum Gasteiger partial charge on any atom is -0.392 e. The molecule has 0 aliphatic rings. The van der Waals surface area contributed by atoms with E-state index in [1.165, 1.54) is 0 Å². The summed E-state index contributed by atoms with van der Waals surface area (Å²) in [5, 5.41) is 9.79. The first-order valence-electron chi connectivity index (χ1n) is 5.41. The van der Waals surface area contributed by atoms with E-state index in [4.69, 9.17) is 0 Å². The highest BCUT2D eigenvalue weighted by Gasteiger charge is 2.16. The van der Waals surface area contributed by atoms with Crippen molar-refractivity contribution in [2.24, 2.45) is 5.92 Å². The molecule has 0 bridgehead atoms. The lowest BCUT2D eigenvalue weighted by atomic mass is 10.0. The van der Waals surface area contributed by atoms with Crippen LogP contribution in [-0.2, 0) is 0 Å². The van der Waals surface area contributed by atoms with Crippen molar-refractivity contribution in [3.8, 4) is 0 Å². The second-order valence-corrected chi connectivity index (χ2v) is 4.15. The van der Waals surface area contributed by atoms with Gasteiger partial charge in [0.1, 0.15) is 0 Å². The predicted octanol–water partition coefficient (Wildman–Crippen LogP) is 2.12. The van der Waals surface area contributed by atoms with Crippen molar-refractivity contribution < 1.29 is 5.11 Å². The predicted molar refractivity (Wildman–Crippen MR) is 57.8 cm³/mol. The quantitative estimate of drug-likeness (QED) is 0.688. The summed E-state index contributed by atoms with van der Waals surface area (Å²) in [4.78, 5) is 2.23. The summed E-state index contributed by atoms with van der Waals surface area (Å²) in [5.74, 6) is 0.409. The minimum atomic E-state index is -0.177. The zero-order valence-electron chi connectivity index (χ0n) is 9.75. The monoisotopic (exact) mass is 187 g/mol. The van der Waals surface area contributed by atoms with Crippen LogP contribution < -0.4 is 0 Å². The van der Waals surface area contributed by atoms with Crippen molar-refractivity contribution in [2.45, 2.75) is 52.7 Å². The first-order valence-corrected chi connectivity index (χ1v) is 5.41. The molecule has 3 atom stereocenters. The molecule has 80 valence electrons. The normalized spacial score (nSPS) is 18.7. The summed E-state index contributed by atoms with van der Waals surface area (Å²) in [6, 6.07) is 0.568. The fourth-order valence-corrected chi connectivity index (χ4v) is 1.24. The van der Waals surface area contributed by atoms with Crippen molar-refractivity contribution in [1.82, 2.24) is 4.90 Å². The van der Waals surface area contributed by atoms with Crippen LogP contribution in [0.15, 0.2) is 0 Å². The van der Waals surface area contributed by atoms with Crippen LogP contribution in [0, 0.1) is 5.92 Å². The van der Waals surface area contributed by atoms with Crippen LogP contribution in [0.2, 0.25) is 0 Å². The van der Waals surface area contributed by atoms with Crippen molar-refractivity contribution >= 4 is 0 Å². The molecule has 0 aromatic heterocycles. The van der Waals surface area contributed by atoms with E-state index >= 15 is 0 Å². The van der Waals surface area contributed by atoms with Gasteiger partial charge in [-0.3, -0.25) is 0 Å². The molecule has 1 N–H and O–H groups in total. The summed E-state index contributed by atoms with van der Waals surface area (Å²) in [6.07, 6.45) is 2.02. The molecule has 0 aliphatic carbocycles. The van der Waals surface area contributed by atoms with E-state index in [9.17, 15) is 5.11 Å². The smallest absolute Gasteiger partial charge is 0.0692 e. The molecule has 3 unspecified atom stereocenters. The van der Waals surface area contributed by atoms with E-state index in [2.05, 4.69) is 39.6 Å². The summed E-state index contributed by atoms with van der Waals surface area (Å²) in [5.41, 5.74) is 0. The lowest BCUT2D eigenvalue weighted by Gasteiger charge is -2.28. The molecule has 0 aliphatic heterocycles. The molecule has 0 spiro atoms. The summed E-state index contributed by atoms with van der Waals surface area (Å²) in [6.45, 7) is 9.40. The molecule has 2 nitrogen and oxygen atoms in total. The molecule has 0 fully saturated rings. The highest BCUT2D eigenvalue weighted by molar-refractivity contribution is 4.70. The van der Waals surface area contributed by atoms with Crippen LogP contribution in [0.1, 0.15) is 40.5 Å². The maximum absolute atomic E-state index is 9.79. The Bertz CT molecular complexity index is 113. The molecule has 13 heavy (non-hydrogen) atoms. The van der Waals surface area contributed by atoms with Crippen LogP contribution in [-0.4, -0.2) is 35.7 Å². The van der Waals surface area contributed by atoms with Gasteiger partial charge in [-0.05, 0) is 26.3 Å². The average Bonchev–Trinajstić information content (AvgIpc) is 2.14. The van der Waals surface area contributed by atoms with Crippen molar-refractivity contribution in [3.05, 3.63) is 0 Å². The van der Waals surface area contributed by atoms with E-state index in [-0.39, 0.29) is 6.10 Å². The lowest BCUT2D eigenvalue weighted by molar-refractivity contribution is 0.0648. The SMILES string of the molecule is CCC(C)C(O)CN(C)C(C)CC. The number of hydrogen-bond donors (Lipinski definition) is 1. The third kappa shape index (κ3) is 4.63. The number of aliphatic hydroxyl groups is 1. The molecular formula is C11H25NO. The Kier molecular flexibility index (Phi) is 6.35. The van der Waals surface area contributed by atoms with Gasteiger partial charge >= 0.3 is 0 Å². The lowest BCUT2D eigenvalue weighted by Crippen LogP contribution is -2.38. The molecule has 0 radical (unpaired) electrons. The van der Waals surface area contributed by atoms with Crippen molar-refractivity contribution in [2.75, 3.05) is 13.6 Å². The Labute approximate surface area is 82.9 Å². The molecular weight excluding hydrogens is 162 g/mol. The number of aliphatic hydroxyl groups excluding tert-OH is 1. The number of nitrogens with zero attached hydrogens (tertiary/aromatic N) is 1. The Morgan fingerprint density at radius 1 is 1.15 bits per heavy atom. The Morgan fingerprint density at radius 2 is 1.69 bits per heavy atom. The van der Waals surface area contributed by atoms with Gasteiger partial charge in [0, 0.05) is 12.6 Å². The van der Waals surface area contributed by atoms with Crippen molar-refractivity contribution in [3.63, 3.8) is 0 Å². The zero-order chi connectivity index (χ0) is 10.4. The van der Waals surface area contributed by atoms with Gasteiger partial charge in [-0.1, -0.05) is 27.2 Å². The van der Waals surface area contributed by atoms with Crippen molar-refractivity contribution in [1.29, 1.82) is 0 Å². The topological polar surface area (TPSA) is 23.5 Å². The van der Waals surface area contributed by atoms with Crippen LogP contribution in [0.3, 0.4) is 0 Å². The fraction of sp³-hybridized carbons (Fsp3) is 1.00. The van der Waals surface area contributed by atoms with Gasteiger partial charge in [0.15, 0.2) is 0 Å². The fourth-order valence-electron chi connectivity index (χ4n) is 1.24. The largest absolute Gasteiger partial charge is 0.392 e. The zero-order valence-corrected chi connectivity index (χ0v) is 9.75. The van der Waals surface area contributed by atoms with E-state index in [0.29, 0.717) is 12.0 Å². The molecule has 0 amide bonds. The maximum atomic E-state index is 9.79. The highest BCUT2D eigenvalue weighted by Crippen LogP contribution is 2.10. The van der Waals surface area contributed by atoms with Crippen LogP contribution in [0.4, 0.5) is 0 Å². The number of rotatable bonds is 6. The molecule has 0 saturated carbocycles. The summed E-state index contributed by atoms with van der Waals surface area (Å²) < 4.78 is 0. The number of likely N-dealkylation sites (N-methyl/N-ethyl adjacent to an activating group) is 1. The van der Waals surface area contributed by atoms with Gasteiger partial charge in [0.05, 0.1) is 6.10 Å². The Balaban J connectivity index is 3.83. The Morgan fingerprint density at radius 3 is 2.08 bits per heavy atom. The average molecular weight is 187 g/mol. The second kappa shape index (κ2) is 6.39. The molecule has 2 heteroatoms. The molecule has 0 saturated heterocycles. The first kappa shape index (κ1) is 12.9. The van der Waals surface area contributed by atoms with Crippen LogP contribution in [0.5, 0.6) is 0 Å². The van der Waals surface area contributed by atoms with E-state index in [1.54, 1.807) is 0 Å². The van der Waals surface area contributed by atoms with Gasteiger partial charge in [-0.15, -0.1) is 0 Å². The van der Waals surface area contributed by atoms with E-state index in [1.807, 2.05) is 0 Å². The van der Waals surface area contributed by atoms with E-state index in [0.717, 1.165) is 19.4 Å². The summed E-state index contributed by atoms with van der Waals surface area (Å²) in [7, 11) is 2.08. The third-order valence-electron chi connectivity index (χ3n) is 3.12. The minimum absolute atomic E-state index is 0.177. The molecule has 0 heterocycles. The van der Waals surface area contributed by atoms with Crippen LogP contribution in [0.25, 0.3) is 0 Å². The van der Waals surface area contributed by atoms with E-state index < -0.39 is 0 Å². The van der Waals surface area contributed by atoms with Gasteiger partial charge in [-0.2, -0.15) is 0 Å². The first-order chi connectivity index (χ1) is 6.02. The standard InChI is InChI=1S/C11H25NO/c1-6-9(3)11(13)8-12(5)10(4)7-2/h9-11,13H,6-8H2,1-5H3. The molecule has 0 aromatic rings. The van der Waals surface area contributed by atoms with Gasteiger partial charge in [0.25, 0.3) is 0 Å². The Hall–Kier alpha value is -0.0800. The van der Waals surface area contributed by atoms with Gasteiger partial charge < -0.3 is 10.0 Å². The highest BCUT2D eigenvalue weighted by atomic mass is 16.3.